The number of aromatic nitrogens is 2. The van der Waals surface area contributed by atoms with Gasteiger partial charge < -0.3 is 20.1 Å². The molecule has 6 nitrogen and oxygen atoms in total. The minimum atomic E-state index is -0.489. The first-order valence-corrected chi connectivity index (χ1v) is 12.8. The van der Waals surface area contributed by atoms with E-state index in [0.29, 0.717) is 35.1 Å². The molecule has 0 spiro atoms. The van der Waals surface area contributed by atoms with Gasteiger partial charge in [0.25, 0.3) is 0 Å². The lowest BCUT2D eigenvalue weighted by atomic mass is 9.83. The van der Waals surface area contributed by atoms with Crippen molar-refractivity contribution in [3.05, 3.63) is 41.2 Å². The summed E-state index contributed by atoms with van der Waals surface area (Å²) >= 11 is 6.51. The molecule has 3 heterocycles. The number of nitrogens with zero attached hydrogens (tertiary/aromatic N) is 2. The lowest BCUT2D eigenvalue weighted by Gasteiger charge is -2.29. The topological polar surface area (TPSA) is 68.3 Å². The second-order valence-electron chi connectivity index (χ2n) is 9.52. The fourth-order valence-corrected chi connectivity index (χ4v) is 5.18. The fourth-order valence-electron chi connectivity index (χ4n) is 4.97. The molecule has 0 atom stereocenters. The number of nitrogens with one attached hydrogen (secondary N) is 2. The van der Waals surface area contributed by atoms with Crippen molar-refractivity contribution in [2.45, 2.75) is 51.0 Å². The first-order valence-electron chi connectivity index (χ1n) is 12.5. The summed E-state index contributed by atoms with van der Waals surface area (Å²) in [6.07, 6.45) is 10.9. The quantitative estimate of drug-likeness (QED) is 0.356. The summed E-state index contributed by atoms with van der Waals surface area (Å²) in [6.45, 7) is 3.92. The molecule has 0 aromatic carbocycles. The van der Waals surface area contributed by atoms with Crippen molar-refractivity contribution in [2.75, 3.05) is 45.3 Å². The van der Waals surface area contributed by atoms with Crippen molar-refractivity contribution in [2.24, 2.45) is 11.8 Å². The van der Waals surface area contributed by atoms with Gasteiger partial charge in [-0.1, -0.05) is 11.6 Å². The van der Waals surface area contributed by atoms with Crippen molar-refractivity contribution < 1.29 is 13.9 Å². The van der Waals surface area contributed by atoms with Gasteiger partial charge >= 0.3 is 0 Å². The Hall–Kier alpha value is -1.80. The monoisotopic (exact) mass is 490 g/mol. The second kappa shape index (κ2) is 12.8. The van der Waals surface area contributed by atoms with Crippen LogP contribution in [0.1, 0.15) is 44.2 Å². The third-order valence-electron chi connectivity index (χ3n) is 7.07. The molecule has 1 aliphatic carbocycles. The first kappa shape index (κ1) is 25.3. The Bertz CT molecular complexity index is 918. The van der Waals surface area contributed by atoms with Crippen LogP contribution in [0.2, 0.25) is 5.02 Å². The molecular formula is C26H36ClFN4O2. The smallest absolute Gasteiger partial charge is 0.236 e. The number of hydrogen-bond acceptors (Lipinski definition) is 6. The summed E-state index contributed by atoms with van der Waals surface area (Å²) in [4.78, 5) is 8.59. The summed E-state index contributed by atoms with van der Waals surface area (Å²) in [5.74, 6) is 0.611. The number of hydrogen-bond donors (Lipinski definition) is 2. The number of methoxy groups -OCH3 is 1. The molecule has 2 aromatic rings. The van der Waals surface area contributed by atoms with Gasteiger partial charge in [-0.2, -0.15) is 4.39 Å². The Kier molecular flexibility index (Phi) is 9.50. The molecule has 1 saturated heterocycles. The largest absolute Gasteiger partial charge is 0.383 e. The molecule has 2 aromatic heterocycles. The van der Waals surface area contributed by atoms with Crippen molar-refractivity contribution in [1.82, 2.24) is 15.3 Å². The molecule has 34 heavy (non-hydrogen) atoms. The average Bonchev–Trinajstić information content (AvgIpc) is 2.87. The minimum absolute atomic E-state index is 0.415. The lowest BCUT2D eigenvalue weighted by molar-refractivity contribution is 0.0699. The zero-order chi connectivity index (χ0) is 23.8. The molecule has 0 unspecified atom stereocenters. The number of anilines is 1. The van der Waals surface area contributed by atoms with Crippen LogP contribution < -0.4 is 10.6 Å². The van der Waals surface area contributed by atoms with Gasteiger partial charge in [0.1, 0.15) is 0 Å². The molecular weight excluding hydrogens is 455 g/mol. The van der Waals surface area contributed by atoms with Gasteiger partial charge in [-0.15, -0.1) is 0 Å². The second-order valence-corrected chi connectivity index (χ2v) is 9.93. The van der Waals surface area contributed by atoms with Crippen LogP contribution in [0.5, 0.6) is 0 Å². The van der Waals surface area contributed by atoms with Crippen LogP contribution >= 0.6 is 11.6 Å². The Morgan fingerprint density at radius 1 is 1.06 bits per heavy atom. The standard InChI is InChI=1S/C26H36ClFN4O2/c1-33-11-8-29-21-4-2-18(3-5-21)12-22-14-23(24(27)17-30-22)20-13-25(26(28)32-16-20)31-15-19-6-9-34-10-7-19/h13-14,16-19,21,29,31H,2-12,15H2,1H3. The Morgan fingerprint density at radius 2 is 1.85 bits per heavy atom. The van der Waals surface area contributed by atoms with Crippen LogP contribution in [-0.2, 0) is 15.9 Å². The van der Waals surface area contributed by atoms with Crippen molar-refractivity contribution in [1.29, 1.82) is 0 Å². The van der Waals surface area contributed by atoms with E-state index in [4.69, 9.17) is 21.1 Å². The van der Waals surface area contributed by atoms with Gasteiger partial charge in [-0.25, -0.2) is 4.98 Å². The number of ether oxygens (including phenoxy) is 2. The first-order chi connectivity index (χ1) is 16.6. The van der Waals surface area contributed by atoms with Crippen molar-refractivity contribution in [3.8, 4) is 11.1 Å². The lowest BCUT2D eigenvalue weighted by Crippen LogP contribution is -2.35. The maximum Gasteiger partial charge on any atom is 0.236 e. The number of halogens is 2. The van der Waals surface area contributed by atoms with Gasteiger partial charge in [0.2, 0.25) is 5.95 Å². The summed E-state index contributed by atoms with van der Waals surface area (Å²) in [5.41, 5.74) is 3.09. The number of pyridine rings is 2. The van der Waals surface area contributed by atoms with Gasteiger partial charge in [0, 0.05) is 68.7 Å². The van der Waals surface area contributed by atoms with Crippen molar-refractivity contribution >= 4 is 17.3 Å². The maximum atomic E-state index is 14.4. The predicted octanol–water partition coefficient (Wildman–Crippen LogP) is 5.11. The zero-order valence-corrected chi connectivity index (χ0v) is 20.7. The average molecular weight is 491 g/mol. The molecule has 2 N–H and O–H groups in total. The van der Waals surface area contributed by atoms with E-state index >= 15 is 0 Å². The summed E-state index contributed by atoms with van der Waals surface area (Å²) in [6, 6.07) is 4.43. The third-order valence-corrected chi connectivity index (χ3v) is 7.37. The highest BCUT2D eigenvalue weighted by Gasteiger charge is 2.22. The molecule has 0 amide bonds. The van der Waals surface area contributed by atoms with Gasteiger partial charge in [-0.3, -0.25) is 4.98 Å². The summed E-state index contributed by atoms with van der Waals surface area (Å²) < 4.78 is 24.9. The molecule has 8 heteroatoms. The van der Waals surface area contributed by atoms with E-state index in [9.17, 15) is 4.39 Å². The highest BCUT2D eigenvalue weighted by Crippen LogP contribution is 2.32. The highest BCUT2D eigenvalue weighted by molar-refractivity contribution is 6.33. The SMILES string of the molecule is COCCNC1CCC(Cc2cc(-c3cnc(F)c(NCC4CCOCC4)c3)c(Cl)cn2)CC1. The van der Waals surface area contributed by atoms with E-state index in [2.05, 4.69) is 20.6 Å². The van der Waals surface area contributed by atoms with Gasteiger partial charge in [-0.05, 0) is 68.9 Å². The fraction of sp³-hybridized carbons (Fsp3) is 0.615. The molecule has 186 valence electrons. The van der Waals surface area contributed by atoms with E-state index in [0.717, 1.165) is 62.4 Å². The molecule has 1 aliphatic heterocycles. The molecule has 1 saturated carbocycles. The van der Waals surface area contributed by atoms with E-state index in [1.54, 1.807) is 19.5 Å². The maximum absolute atomic E-state index is 14.4. The van der Waals surface area contributed by atoms with Crippen LogP contribution in [0.15, 0.2) is 24.5 Å². The van der Waals surface area contributed by atoms with E-state index < -0.39 is 5.95 Å². The molecule has 2 fully saturated rings. The van der Waals surface area contributed by atoms with E-state index in [1.807, 2.05) is 12.1 Å². The van der Waals surface area contributed by atoms with E-state index in [-0.39, 0.29) is 0 Å². The molecule has 0 radical (unpaired) electrons. The zero-order valence-electron chi connectivity index (χ0n) is 20.0. The van der Waals surface area contributed by atoms with Crippen molar-refractivity contribution in [3.63, 3.8) is 0 Å². The summed E-state index contributed by atoms with van der Waals surface area (Å²) in [5, 5.41) is 7.38. The van der Waals surface area contributed by atoms with Crippen LogP contribution in [-0.4, -0.2) is 56.0 Å². The minimum Gasteiger partial charge on any atom is -0.383 e. The molecule has 4 rings (SSSR count). The van der Waals surface area contributed by atoms with Crippen LogP contribution in [0.25, 0.3) is 11.1 Å². The summed E-state index contributed by atoms with van der Waals surface area (Å²) in [7, 11) is 1.73. The predicted molar refractivity (Wildman–Crippen MR) is 134 cm³/mol. The molecule has 2 aliphatic rings. The highest BCUT2D eigenvalue weighted by atomic mass is 35.5. The van der Waals surface area contributed by atoms with Crippen LogP contribution in [0, 0.1) is 17.8 Å². The van der Waals surface area contributed by atoms with E-state index in [1.165, 1.54) is 25.7 Å². The Morgan fingerprint density at radius 3 is 2.62 bits per heavy atom. The number of rotatable bonds is 10. The Balaban J connectivity index is 1.38. The molecule has 0 bridgehead atoms. The van der Waals surface area contributed by atoms with Gasteiger partial charge in [0.05, 0.1) is 17.3 Å². The van der Waals surface area contributed by atoms with Crippen LogP contribution in [0.3, 0.4) is 0 Å². The third kappa shape index (κ3) is 7.11. The Labute approximate surface area is 207 Å². The van der Waals surface area contributed by atoms with Gasteiger partial charge in [0.15, 0.2) is 0 Å². The normalized spacial score (nSPS) is 21.5. The van der Waals surface area contributed by atoms with Crippen LogP contribution in [0.4, 0.5) is 10.1 Å².